The summed E-state index contributed by atoms with van der Waals surface area (Å²) in [4.78, 5) is 16.5. The topological polar surface area (TPSA) is 54.0 Å². The molecule has 7 heteroatoms. The largest absolute Gasteiger partial charge is 0.381 e. The zero-order valence-corrected chi connectivity index (χ0v) is 14.7. The minimum Gasteiger partial charge on any atom is -0.381 e. The maximum absolute atomic E-state index is 12.5. The van der Waals surface area contributed by atoms with Crippen LogP contribution < -0.4 is 10.2 Å². The number of nitrogens with one attached hydrogen (secondary N) is 1. The molecule has 1 N–H and O–H groups in total. The van der Waals surface area contributed by atoms with Gasteiger partial charge in [0.15, 0.2) is 0 Å². The molecule has 2 aliphatic heterocycles. The number of rotatable bonds is 3. The Balaban J connectivity index is 1.64. The van der Waals surface area contributed by atoms with E-state index in [0.29, 0.717) is 23.8 Å². The molecule has 0 spiro atoms. The number of hydrogen-bond donors (Lipinski definition) is 1. The van der Waals surface area contributed by atoms with Gasteiger partial charge < -0.3 is 24.6 Å². The first-order chi connectivity index (χ1) is 11.7. The van der Waals surface area contributed by atoms with Crippen LogP contribution >= 0.6 is 11.6 Å². The Morgan fingerprint density at radius 1 is 1.25 bits per heavy atom. The Kier molecular flexibility index (Phi) is 5.81. The number of urea groups is 1. The minimum absolute atomic E-state index is 0.106. The summed E-state index contributed by atoms with van der Waals surface area (Å²) in [6.45, 7) is 4.53. The summed E-state index contributed by atoms with van der Waals surface area (Å²) in [6.07, 6.45) is 1.99. The van der Waals surface area contributed by atoms with Crippen LogP contribution in [0.5, 0.6) is 0 Å². The van der Waals surface area contributed by atoms with E-state index in [-0.39, 0.29) is 12.1 Å². The van der Waals surface area contributed by atoms with E-state index < -0.39 is 0 Å². The summed E-state index contributed by atoms with van der Waals surface area (Å²) in [7, 11) is 1.72. The molecule has 2 fully saturated rings. The van der Waals surface area contributed by atoms with Gasteiger partial charge in [0, 0.05) is 39.0 Å². The quantitative estimate of drug-likeness (QED) is 0.907. The number of halogens is 1. The van der Waals surface area contributed by atoms with Crippen molar-refractivity contribution in [2.75, 3.05) is 56.7 Å². The summed E-state index contributed by atoms with van der Waals surface area (Å²) in [5.74, 6) is 0. The van der Waals surface area contributed by atoms with E-state index in [1.165, 1.54) is 0 Å². The average molecular weight is 354 g/mol. The van der Waals surface area contributed by atoms with Crippen molar-refractivity contribution in [3.8, 4) is 0 Å². The third kappa shape index (κ3) is 4.12. The van der Waals surface area contributed by atoms with Gasteiger partial charge in [0.25, 0.3) is 0 Å². The molecule has 0 radical (unpaired) electrons. The van der Waals surface area contributed by atoms with Gasteiger partial charge in [-0.05, 0) is 31.0 Å². The molecule has 6 nitrogen and oxygen atoms in total. The first-order valence-corrected chi connectivity index (χ1v) is 8.76. The molecular weight excluding hydrogens is 330 g/mol. The molecule has 0 atom stereocenters. The normalized spacial score (nSPS) is 19.4. The van der Waals surface area contributed by atoms with Crippen LogP contribution in [0.2, 0.25) is 5.02 Å². The number of likely N-dealkylation sites (tertiary alicyclic amines) is 1. The predicted octanol–water partition coefficient (Wildman–Crippen LogP) is 2.82. The molecule has 3 rings (SSSR count). The zero-order valence-electron chi connectivity index (χ0n) is 14.0. The lowest BCUT2D eigenvalue weighted by Gasteiger charge is -2.32. The van der Waals surface area contributed by atoms with Gasteiger partial charge in [-0.1, -0.05) is 11.6 Å². The lowest BCUT2D eigenvalue weighted by molar-refractivity contribution is 0.0521. The lowest BCUT2D eigenvalue weighted by Crippen LogP contribution is -2.42. The first kappa shape index (κ1) is 17.3. The Morgan fingerprint density at radius 3 is 2.62 bits per heavy atom. The van der Waals surface area contributed by atoms with Crippen molar-refractivity contribution in [2.24, 2.45) is 0 Å². The SMILES string of the molecule is COC1CCN(C(=O)Nc2cc(N3CCOCC3)ccc2Cl)CC1. The molecule has 2 aliphatic rings. The number of benzene rings is 1. The molecule has 1 aromatic rings. The number of nitrogens with zero attached hydrogens (tertiary/aromatic N) is 2. The van der Waals surface area contributed by atoms with E-state index in [4.69, 9.17) is 21.1 Å². The lowest BCUT2D eigenvalue weighted by atomic mass is 10.1. The molecule has 2 saturated heterocycles. The fourth-order valence-electron chi connectivity index (χ4n) is 3.12. The molecule has 0 bridgehead atoms. The third-order valence-corrected chi connectivity index (χ3v) is 4.96. The monoisotopic (exact) mass is 353 g/mol. The van der Waals surface area contributed by atoms with Gasteiger partial charge in [0.2, 0.25) is 0 Å². The summed E-state index contributed by atoms with van der Waals surface area (Å²) in [5.41, 5.74) is 1.70. The van der Waals surface area contributed by atoms with E-state index >= 15 is 0 Å². The van der Waals surface area contributed by atoms with Gasteiger partial charge in [-0.2, -0.15) is 0 Å². The van der Waals surface area contributed by atoms with Gasteiger partial charge in [-0.15, -0.1) is 0 Å². The average Bonchev–Trinajstić information content (AvgIpc) is 2.64. The Hall–Kier alpha value is -1.50. The van der Waals surface area contributed by atoms with Crippen molar-refractivity contribution >= 4 is 29.0 Å². The third-order valence-electron chi connectivity index (χ3n) is 4.63. The van der Waals surface area contributed by atoms with E-state index in [1.54, 1.807) is 7.11 Å². The summed E-state index contributed by atoms with van der Waals surface area (Å²) < 4.78 is 10.7. The van der Waals surface area contributed by atoms with Crippen LogP contribution in [-0.2, 0) is 9.47 Å². The minimum atomic E-state index is -0.106. The summed E-state index contributed by atoms with van der Waals surface area (Å²) in [5, 5.41) is 3.50. The smallest absolute Gasteiger partial charge is 0.321 e. The van der Waals surface area contributed by atoms with Crippen LogP contribution in [0.4, 0.5) is 16.2 Å². The molecule has 0 unspecified atom stereocenters. The van der Waals surface area contributed by atoms with Crippen LogP contribution in [0.25, 0.3) is 0 Å². The second-order valence-electron chi connectivity index (χ2n) is 6.12. The standard InChI is InChI=1S/C17H24ClN3O3/c1-23-14-4-6-21(7-5-14)17(22)19-16-12-13(2-3-15(16)18)20-8-10-24-11-9-20/h2-3,12,14H,4-11H2,1H3,(H,19,22). The first-order valence-electron chi connectivity index (χ1n) is 8.38. The van der Waals surface area contributed by atoms with Crippen LogP contribution in [-0.4, -0.2) is 63.5 Å². The van der Waals surface area contributed by atoms with E-state index in [2.05, 4.69) is 10.2 Å². The number of anilines is 2. The molecular formula is C17H24ClN3O3. The Labute approximate surface area is 147 Å². The summed E-state index contributed by atoms with van der Waals surface area (Å²) >= 11 is 6.27. The van der Waals surface area contributed by atoms with Crippen LogP contribution in [0.3, 0.4) is 0 Å². The van der Waals surface area contributed by atoms with E-state index in [1.807, 2.05) is 23.1 Å². The highest BCUT2D eigenvalue weighted by Crippen LogP contribution is 2.28. The van der Waals surface area contributed by atoms with E-state index in [9.17, 15) is 4.79 Å². The molecule has 0 saturated carbocycles. The second kappa shape index (κ2) is 8.05. The van der Waals surface area contributed by atoms with Crippen molar-refractivity contribution in [1.29, 1.82) is 0 Å². The Bertz CT molecular complexity index is 570. The van der Waals surface area contributed by atoms with Crippen molar-refractivity contribution in [3.63, 3.8) is 0 Å². The van der Waals surface area contributed by atoms with Gasteiger partial charge in [0.1, 0.15) is 0 Å². The summed E-state index contributed by atoms with van der Waals surface area (Å²) in [6, 6.07) is 5.64. The fourth-order valence-corrected chi connectivity index (χ4v) is 3.28. The molecule has 2 heterocycles. The van der Waals surface area contributed by atoms with Crippen LogP contribution in [0.1, 0.15) is 12.8 Å². The second-order valence-corrected chi connectivity index (χ2v) is 6.52. The highest BCUT2D eigenvalue weighted by atomic mass is 35.5. The highest BCUT2D eigenvalue weighted by Gasteiger charge is 2.23. The highest BCUT2D eigenvalue weighted by molar-refractivity contribution is 6.33. The number of amides is 2. The van der Waals surface area contributed by atoms with Crippen molar-refractivity contribution in [1.82, 2.24) is 4.90 Å². The number of piperidine rings is 1. The number of morpholine rings is 1. The predicted molar refractivity (Wildman–Crippen MR) is 95.1 cm³/mol. The van der Waals surface area contributed by atoms with Gasteiger partial charge in [0.05, 0.1) is 30.0 Å². The maximum atomic E-state index is 12.5. The number of methoxy groups -OCH3 is 1. The molecule has 24 heavy (non-hydrogen) atoms. The number of carbonyl (C=O) groups excluding carboxylic acids is 1. The van der Waals surface area contributed by atoms with Crippen molar-refractivity contribution in [3.05, 3.63) is 23.2 Å². The molecule has 132 valence electrons. The van der Waals surface area contributed by atoms with Gasteiger partial charge in [-0.3, -0.25) is 0 Å². The zero-order chi connectivity index (χ0) is 16.9. The fraction of sp³-hybridized carbons (Fsp3) is 0.588. The molecule has 1 aromatic carbocycles. The van der Waals surface area contributed by atoms with Crippen molar-refractivity contribution < 1.29 is 14.3 Å². The van der Waals surface area contributed by atoms with E-state index in [0.717, 1.165) is 44.8 Å². The molecule has 0 aromatic heterocycles. The number of hydrogen-bond acceptors (Lipinski definition) is 4. The molecule has 2 amide bonds. The molecule has 0 aliphatic carbocycles. The number of ether oxygens (including phenoxy) is 2. The maximum Gasteiger partial charge on any atom is 0.321 e. The number of carbonyl (C=O) groups is 1. The van der Waals surface area contributed by atoms with Crippen LogP contribution in [0.15, 0.2) is 18.2 Å². The van der Waals surface area contributed by atoms with Crippen LogP contribution in [0, 0.1) is 0 Å². The van der Waals surface area contributed by atoms with Gasteiger partial charge in [-0.25, -0.2) is 4.79 Å². The van der Waals surface area contributed by atoms with Gasteiger partial charge >= 0.3 is 6.03 Å². The van der Waals surface area contributed by atoms with Crippen molar-refractivity contribution in [2.45, 2.75) is 18.9 Å². The Morgan fingerprint density at radius 2 is 1.96 bits per heavy atom.